The fourth-order valence-electron chi connectivity index (χ4n) is 0.949. The third-order valence-corrected chi connectivity index (χ3v) is 2.12. The summed E-state index contributed by atoms with van der Waals surface area (Å²) in [4.78, 5) is 0. The fourth-order valence-corrected chi connectivity index (χ4v) is 1.29. The lowest BCUT2D eigenvalue weighted by Gasteiger charge is -2.10. The summed E-state index contributed by atoms with van der Waals surface area (Å²) >= 11 is 3.35. The Morgan fingerprint density at radius 1 is 1.29 bits per heavy atom. The maximum absolute atomic E-state index is 5.36. The third-order valence-electron chi connectivity index (χ3n) is 1.63. The largest absolute Gasteiger partial charge is 0.493 e. The first kappa shape index (κ1) is 11.3. The standard InChI is InChI=1S/C10H13BrO3/c1-3-13-7-14-9-5-4-8(11)6-10(9)12-2/h4-6H,3,7H2,1-2H3. The lowest BCUT2D eigenvalue weighted by molar-refractivity contribution is 0.0209. The molecular formula is C10H13BrO3. The van der Waals surface area contributed by atoms with Gasteiger partial charge < -0.3 is 14.2 Å². The van der Waals surface area contributed by atoms with E-state index >= 15 is 0 Å². The quantitative estimate of drug-likeness (QED) is 0.602. The first-order valence-electron chi connectivity index (χ1n) is 4.32. The zero-order chi connectivity index (χ0) is 10.4. The molecule has 0 aromatic heterocycles. The molecule has 1 aromatic carbocycles. The van der Waals surface area contributed by atoms with Crippen molar-refractivity contribution in [3.05, 3.63) is 22.7 Å². The van der Waals surface area contributed by atoms with Crippen LogP contribution in [-0.4, -0.2) is 20.5 Å². The van der Waals surface area contributed by atoms with Crippen LogP contribution in [-0.2, 0) is 4.74 Å². The molecule has 0 bridgehead atoms. The van der Waals surface area contributed by atoms with Gasteiger partial charge in [-0.2, -0.15) is 0 Å². The molecule has 3 nitrogen and oxygen atoms in total. The number of ether oxygens (including phenoxy) is 3. The van der Waals surface area contributed by atoms with Gasteiger partial charge in [0.05, 0.1) is 7.11 Å². The lowest BCUT2D eigenvalue weighted by atomic mass is 10.3. The molecule has 0 saturated heterocycles. The average molecular weight is 261 g/mol. The zero-order valence-electron chi connectivity index (χ0n) is 8.25. The van der Waals surface area contributed by atoms with E-state index in [1.807, 2.05) is 25.1 Å². The number of benzene rings is 1. The molecule has 1 aromatic rings. The van der Waals surface area contributed by atoms with Crippen LogP contribution in [0.4, 0.5) is 0 Å². The molecule has 14 heavy (non-hydrogen) atoms. The Kier molecular flexibility index (Phi) is 4.76. The van der Waals surface area contributed by atoms with Crippen molar-refractivity contribution in [1.82, 2.24) is 0 Å². The van der Waals surface area contributed by atoms with Gasteiger partial charge in [0.15, 0.2) is 18.3 Å². The molecule has 0 N–H and O–H groups in total. The lowest BCUT2D eigenvalue weighted by Crippen LogP contribution is -2.03. The highest BCUT2D eigenvalue weighted by Crippen LogP contribution is 2.29. The molecule has 0 atom stereocenters. The van der Waals surface area contributed by atoms with Crippen LogP contribution >= 0.6 is 15.9 Å². The van der Waals surface area contributed by atoms with Crippen LogP contribution in [0.1, 0.15) is 6.92 Å². The van der Waals surface area contributed by atoms with Crippen molar-refractivity contribution in [2.45, 2.75) is 6.92 Å². The average Bonchev–Trinajstić information content (AvgIpc) is 2.20. The molecule has 78 valence electrons. The highest BCUT2D eigenvalue weighted by molar-refractivity contribution is 9.10. The van der Waals surface area contributed by atoms with Gasteiger partial charge in [-0.15, -0.1) is 0 Å². The minimum atomic E-state index is 0.245. The summed E-state index contributed by atoms with van der Waals surface area (Å²) in [5.74, 6) is 1.38. The van der Waals surface area contributed by atoms with Crippen molar-refractivity contribution in [1.29, 1.82) is 0 Å². The van der Waals surface area contributed by atoms with Gasteiger partial charge in [-0.3, -0.25) is 0 Å². The summed E-state index contributed by atoms with van der Waals surface area (Å²) < 4.78 is 16.5. The Bertz CT molecular complexity index is 289. The van der Waals surface area contributed by atoms with Gasteiger partial charge >= 0.3 is 0 Å². The molecule has 4 heteroatoms. The molecule has 0 aliphatic heterocycles. The van der Waals surface area contributed by atoms with Crippen LogP contribution in [0.3, 0.4) is 0 Å². The smallest absolute Gasteiger partial charge is 0.189 e. The molecule has 0 aliphatic carbocycles. The molecule has 0 unspecified atom stereocenters. The highest BCUT2D eigenvalue weighted by atomic mass is 79.9. The van der Waals surface area contributed by atoms with Crippen LogP contribution in [0.15, 0.2) is 22.7 Å². The summed E-state index contributed by atoms with van der Waals surface area (Å²) in [5.41, 5.74) is 0. The minimum Gasteiger partial charge on any atom is -0.493 e. The first-order chi connectivity index (χ1) is 6.77. The van der Waals surface area contributed by atoms with E-state index in [1.54, 1.807) is 7.11 Å². The monoisotopic (exact) mass is 260 g/mol. The second-order valence-electron chi connectivity index (χ2n) is 2.55. The van der Waals surface area contributed by atoms with Gasteiger partial charge in [0.1, 0.15) is 0 Å². The Morgan fingerprint density at radius 3 is 2.71 bits per heavy atom. The maximum Gasteiger partial charge on any atom is 0.189 e. The summed E-state index contributed by atoms with van der Waals surface area (Å²) in [7, 11) is 1.61. The zero-order valence-corrected chi connectivity index (χ0v) is 9.83. The number of hydrogen-bond acceptors (Lipinski definition) is 3. The van der Waals surface area contributed by atoms with E-state index in [9.17, 15) is 0 Å². The third kappa shape index (κ3) is 3.20. The molecule has 0 radical (unpaired) electrons. The fraction of sp³-hybridized carbons (Fsp3) is 0.400. The van der Waals surface area contributed by atoms with Crippen LogP contribution in [0.25, 0.3) is 0 Å². The summed E-state index contributed by atoms with van der Waals surface area (Å²) in [6.45, 7) is 2.80. The highest BCUT2D eigenvalue weighted by Gasteiger charge is 2.03. The Labute approximate surface area is 92.1 Å². The number of rotatable bonds is 5. The van der Waals surface area contributed by atoms with Crippen molar-refractivity contribution < 1.29 is 14.2 Å². The first-order valence-corrected chi connectivity index (χ1v) is 5.11. The minimum absolute atomic E-state index is 0.245. The molecule has 0 amide bonds. The summed E-state index contributed by atoms with van der Waals surface area (Å²) in [6, 6.07) is 5.58. The Hall–Kier alpha value is -0.740. The predicted octanol–water partition coefficient (Wildman–Crippen LogP) is 2.83. The molecule has 0 fully saturated rings. The molecule has 0 aliphatic rings. The molecular weight excluding hydrogens is 248 g/mol. The van der Waals surface area contributed by atoms with E-state index in [1.165, 1.54) is 0 Å². The number of halogens is 1. The van der Waals surface area contributed by atoms with Crippen molar-refractivity contribution in [3.8, 4) is 11.5 Å². The molecule has 1 rings (SSSR count). The molecule has 0 saturated carbocycles. The van der Waals surface area contributed by atoms with Crippen LogP contribution in [0.5, 0.6) is 11.5 Å². The van der Waals surface area contributed by atoms with Gasteiger partial charge in [0.2, 0.25) is 0 Å². The summed E-state index contributed by atoms with van der Waals surface area (Å²) in [6.07, 6.45) is 0. The second kappa shape index (κ2) is 5.88. The number of hydrogen-bond donors (Lipinski definition) is 0. The van der Waals surface area contributed by atoms with E-state index in [0.717, 1.165) is 4.47 Å². The SMILES string of the molecule is CCOCOc1ccc(Br)cc1OC. The van der Waals surface area contributed by atoms with Gasteiger partial charge in [-0.1, -0.05) is 15.9 Å². The summed E-state index contributed by atoms with van der Waals surface area (Å²) in [5, 5.41) is 0. The van der Waals surface area contributed by atoms with Gasteiger partial charge in [-0.25, -0.2) is 0 Å². The van der Waals surface area contributed by atoms with Crippen LogP contribution in [0, 0.1) is 0 Å². The van der Waals surface area contributed by atoms with E-state index in [-0.39, 0.29) is 6.79 Å². The Morgan fingerprint density at radius 2 is 2.07 bits per heavy atom. The van der Waals surface area contributed by atoms with Crippen molar-refractivity contribution in [3.63, 3.8) is 0 Å². The van der Waals surface area contributed by atoms with Crippen molar-refractivity contribution >= 4 is 15.9 Å². The Balaban J connectivity index is 2.65. The van der Waals surface area contributed by atoms with Crippen LogP contribution < -0.4 is 9.47 Å². The second-order valence-corrected chi connectivity index (χ2v) is 3.47. The molecule has 0 spiro atoms. The van der Waals surface area contributed by atoms with Gasteiger partial charge in [0.25, 0.3) is 0 Å². The van der Waals surface area contributed by atoms with Gasteiger partial charge in [0, 0.05) is 11.1 Å². The van der Waals surface area contributed by atoms with Crippen molar-refractivity contribution in [2.75, 3.05) is 20.5 Å². The van der Waals surface area contributed by atoms with E-state index in [2.05, 4.69) is 15.9 Å². The van der Waals surface area contributed by atoms with Crippen molar-refractivity contribution in [2.24, 2.45) is 0 Å². The normalized spacial score (nSPS) is 9.93. The van der Waals surface area contributed by atoms with E-state index < -0.39 is 0 Å². The van der Waals surface area contributed by atoms with E-state index in [0.29, 0.717) is 18.1 Å². The molecule has 0 heterocycles. The maximum atomic E-state index is 5.36. The predicted molar refractivity (Wildman–Crippen MR) is 57.8 cm³/mol. The topological polar surface area (TPSA) is 27.7 Å². The van der Waals surface area contributed by atoms with E-state index in [4.69, 9.17) is 14.2 Å². The van der Waals surface area contributed by atoms with Gasteiger partial charge in [-0.05, 0) is 25.1 Å². The number of methoxy groups -OCH3 is 1. The van der Waals surface area contributed by atoms with Crippen LogP contribution in [0.2, 0.25) is 0 Å².